The average molecular weight is 481 g/mol. The van der Waals surface area contributed by atoms with Gasteiger partial charge in [-0.15, -0.1) is 5.10 Å². The van der Waals surface area contributed by atoms with Crippen molar-refractivity contribution in [1.82, 2.24) is 14.7 Å². The van der Waals surface area contributed by atoms with Crippen LogP contribution in [0.25, 0.3) is 10.9 Å². The molecule has 0 spiro atoms. The molecule has 0 bridgehead atoms. The van der Waals surface area contributed by atoms with Gasteiger partial charge in [0.15, 0.2) is 0 Å². The maximum absolute atomic E-state index is 6.29. The summed E-state index contributed by atoms with van der Waals surface area (Å²) < 4.78 is 8.35. The largest absolute Gasteiger partial charge is 0.476 e. The lowest BCUT2D eigenvalue weighted by Crippen LogP contribution is -2.28. The van der Waals surface area contributed by atoms with E-state index in [0.29, 0.717) is 25.2 Å². The third kappa shape index (κ3) is 5.69. The molecule has 0 unspecified atom stereocenters. The molecule has 1 aliphatic heterocycles. The van der Waals surface area contributed by atoms with Gasteiger partial charge in [0.05, 0.1) is 24.1 Å². The molecule has 5 rings (SSSR count). The van der Waals surface area contributed by atoms with Crippen molar-refractivity contribution in [2.45, 2.75) is 76.9 Å². The molecule has 1 saturated heterocycles. The molecular weight excluding hydrogens is 444 g/mol. The van der Waals surface area contributed by atoms with Crippen LogP contribution in [0, 0.1) is 0 Å². The summed E-state index contributed by atoms with van der Waals surface area (Å²) in [5.41, 5.74) is 3.45. The fourth-order valence-electron chi connectivity index (χ4n) is 5.47. The molecule has 1 atom stereocenters. The maximum Gasteiger partial charge on any atom is 0.240 e. The van der Waals surface area contributed by atoms with Gasteiger partial charge in [-0.25, -0.2) is 0 Å². The van der Waals surface area contributed by atoms with E-state index >= 15 is 0 Å². The van der Waals surface area contributed by atoms with Gasteiger partial charge in [0.1, 0.15) is 0 Å². The van der Waals surface area contributed by atoms with Crippen LogP contribution >= 0.6 is 11.6 Å². The molecule has 6 heteroatoms. The van der Waals surface area contributed by atoms with Gasteiger partial charge in [-0.2, -0.15) is 0 Å². The molecule has 1 saturated carbocycles. The normalized spacial score (nSPS) is 19.6. The van der Waals surface area contributed by atoms with Crippen molar-refractivity contribution < 1.29 is 4.74 Å². The Kier molecular flexibility index (Phi) is 7.60. The zero-order valence-electron chi connectivity index (χ0n) is 20.3. The number of halogens is 1. The number of likely N-dealkylation sites (tertiary alicyclic amines) is 1. The van der Waals surface area contributed by atoms with E-state index in [2.05, 4.69) is 52.2 Å². The van der Waals surface area contributed by atoms with Crippen LogP contribution in [0.4, 0.5) is 5.69 Å². The van der Waals surface area contributed by atoms with Crippen LogP contribution in [0.2, 0.25) is 5.02 Å². The van der Waals surface area contributed by atoms with Crippen molar-refractivity contribution in [1.29, 1.82) is 0 Å². The molecule has 1 aliphatic carbocycles. The summed E-state index contributed by atoms with van der Waals surface area (Å²) in [7, 11) is 0. The SMILES string of the molecule is C[C@H]1CCCN1CCCOc1nn(Cc2ccc(Cl)cc2)c2ccc(NC3CCCCC3)cc12. The van der Waals surface area contributed by atoms with Gasteiger partial charge in [0, 0.05) is 29.3 Å². The van der Waals surface area contributed by atoms with Crippen molar-refractivity contribution in [3.8, 4) is 5.88 Å². The van der Waals surface area contributed by atoms with Gasteiger partial charge >= 0.3 is 0 Å². The predicted molar refractivity (Wildman–Crippen MR) is 141 cm³/mol. The van der Waals surface area contributed by atoms with E-state index in [9.17, 15) is 0 Å². The summed E-state index contributed by atoms with van der Waals surface area (Å²) in [6, 6.07) is 15.9. The van der Waals surface area contributed by atoms with Gasteiger partial charge in [-0.1, -0.05) is 43.0 Å². The number of ether oxygens (including phenoxy) is 1. The van der Waals surface area contributed by atoms with Crippen molar-refractivity contribution >= 4 is 28.2 Å². The minimum absolute atomic E-state index is 0.571. The van der Waals surface area contributed by atoms with Crippen LogP contribution in [-0.2, 0) is 6.54 Å². The Labute approximate surface area is 208 Å². The molecule has 2 fully saturated rings. The number of fused-ring (bicyclic) bond motifs is 1. The van der Waals surface area contributed by atoms with E-state index in [0.717, 1.165) is 34.8 Å². The van der Waals surface area contributed by atoms with Gasteiger partial charge in [0.2, 0.25) is 5.88 Å². The quantitative estimate of drug-likeness (QED) is 0.344. The number of nitrogens with one attached hydrogen (secondary N) is 1. The maximum atomic E-state index is 6.29. The Morgan fingerprint density at radius 1 is 1.03 bits per heavy atom. The lowest BCUT2D eigenvalue weighted by Gasteiger charge is -2.23. The Morgan fingerprint density at radius 2 is 1.85 bits per heavy atom. The number of nitrogens with zero attached hydrogens (tertiary/aromatic N) is 3. The summed E-state index contributed by atoms with van der Waals surface area (Å²) in [4.78, 5) is 2.58. The average Bonchev–Trinajstić information content (AvgIpc) is 3.41. The second kappa shape index (κ2) is 11.0. The Hall–Kier alpha value is -2.24. The second-order valence-corrected chi connectivity index (χ2v) is 10.5. The summed E-state index contributed by atoms with van der Waals surface area (Å²) in [6.45, 7) is 6.03. The second-order valence-electron chi connectivity index (χ2n) is 10.0. The molecule has 182 valence electrons. The fourth-order valence-corrected chi connectivity index (χ4v) is 5.60. The lowest BCUT2D eigenvalue weighted by atomic mass is 9.95. The van der Waals surface area contributed by atoms with Gasteiger partial charge in [-0.05, 0) is 81.5 Å². The molecule has 1 aromatic heterocycles. The van der Waals surface area contributed by atoms with Crippen LogP contribution in [0.1, 0.15) is 63.9 Å². The smallest absolute Gasteiger partial charge is 0.240 e. The van der Waals surface area contributed by atoms with Crippen molar-refractivity contribution in [2.75, 3.05) is 25.0 Å². The first-order valence-corrected chi connectivity index (χ1v) is 13.4. The molecular formula is C28H37ClN4O. The van der Waals surface area contributed by atoms with E-state index < -0.39 is 0 Å². The number of benzene rings is 2. The highest BCUT2D eigenvalue weighted by molar-refractivity contribution is 6.30. The van der Waals surface area contributed by atoms with E-state index in [1.807, 2.05) is 12.1 Å². The number of aromatic nitrogens is 2. The van der Waals surface area contributed by atoms with Crippen LogP contribution in [0.5, 0.6) is 5.88 Å². The van der Waals surface area contributed by atoms with Gasteiger partial charge < -0.3 is 15.0 Å². The molecule has 3 aromatic rings. The van der Waals surface area contributed by atoms with Crippen molar-refractivity contribution in [3.05, 3.63) is 53.1 Å². The molecule has 2 aliphatic rings. The number of hydrogen-bond acceptors (Lipinski definition) is 4. The van der Waals surface area contributed by atoms with E-state index in [-0.39, 0.29) is 0 Å². The number of hydrogen-bond donors (Lipinski definition) is 1. The first kappa shape index (κ1) is 23.5. The Balaban J connectivity index is 1.33. The highest BCUT2D eigenvalue weighted by atomic mass is 35.5. The summed E-state index contributed by atoms with van der Waals surface area (Å²) in [5, 5.41) is 10.5. The van der Waals surface area contributed by atoms with Crippen LogP contribution in [-0.4, -0.2) is 46.5 Å². The molecule has 2 heterocycles. The molecule has 1 N–H and O–H groups in total. The lowest BCUT2D eigenvalue weighted by molar-refractivity contribution is 0.227. The minimum atomic E-state index is 0.571. The zero-order valence-corrected chi connectivity index (χ0v) is 21.1. The monoisotopic (exact) mass is 480 g/mol. The summed E-state index contributed by atoms with van der Waals surface area (Å²) >= 11 is 6.09. The summed E-state index contributed by atoms with van der Waals surface area (Å²) in [6.07, 6.45) is 10.2. The van der Waals surface area contributed by atoms with Crippen molar-refractivity contribution in [2.24, 2.45) is 0 Å². The number of rotatable bonds is 9. The van der Waals surface area contributed by atoms with E-state index in [1.54, 1.807) is 0 Å². The predicted octanol–water partition coefficient (Wildman–Crippen LogP) is 6.74. The topological polar surface area (TPSA) is 42.3 Å². The molecule has 2 aromatic carbocycles. The molecule has 0 amide bonds. The summed E-state index contributed by atoms with van der Waals surface area (Å²) in [5.74, 6) is 0.741. The van der Waals surface area contributed by atoms with Gasteiger partial charge in [0.25, 0.3) is 0 Å². The first-order valence-electron chi connectivity index (χ1n) is 13.0. The van der Waals surface area contributed by atoms with Crippen molar-refractivity contribution in [3.63, 3.8) is 0 Å². The third-order valence-electron chi connectivity index (χ3n) is 7.46. The molecule has 0 radical (unpaired) electrons. The van der Waals surface area contributed by atoms with E-state index in [4.69, 9.17) is 21.4 Å². The molecule has 34 heavy (non-hydrogen) atoms. The third-order valence-corrected chi connectivity index (χ3v) is 7.71. The first-order chi connectivity index (χ1) is 16.7. The minimum Gasteiger partial charge on any atom is -0.476 e. The highest BCUT2D eigenvalue weighted by Gasteiger charge is 2.20. The fraction of sp³-hybridized carbons (Fsp3) is 0.536. The highest BCUT2D eigenvalue weighted by Crippen LogP contribution is 2.30. The molecule has 5 nitrogen and oxygen atoms in total. The standard InChI is InChI=1S/C28H37ClN4O/c1-21-7-5-16-32(21)17-6-18-34-28-26-19-25(30-24-8-3-2-4-9-24)14-15-27(26)33(31-28)20-22-10-12-23(29)13-11-22/h10-15,19,21,24,30H,2-9,16-18,20H2,1H3/t21-/m0/s1. The van der Waals surface area contributed by atoms with Crippen LogP contribution < -0.4 is 10.1 Å². The van der Waals surface area contributed by atoms with Gasteiger partial charge in [-0.3, -0.25) is 4.68 Å². The van der Waals surface area contributed by atoms with Crippen LogP contribution in [0.3, 0.4) is 0 Å². The van der Waals surface area contributed by atoms with Crippen LogP contribution in [0.15, 0.2) is 42.5 Å². The van der Waals surface area contributed by atoms with E-state index in [1.165, 1.54) is 62.7 Å². The number of anilines is 1. The Morgan fingerprint density at radius 3 is 2.62 bits per heavy atom. The zero-order chi connectivity index (χ0) is 23.3. The Bertz CT molecular complexity index is 1070.